The van der Waals surface area contributed by atoms with Gasteiger partial charge in [-0.3, -0.25) is 0 Å². The minimum atomic E-state index is -0.328. The SMILES string of the molecule is OC(CCl)C1CCOCC1. The molecule has 1 aliphatic rings. The van der Waals surface area contributed by atoms with Crippen LogP contribution in [0.5, 0.6) is 0 Å². The van der Waals surface area contributed by atoms with Gasteiger partial charge in [-0.1, -0.05) is 0 Å². The number of ether oxygens (including phenoxy) is 1. The van der Waals surface area contributed by atoms with Crippen LogP contribution in [0.4, 0.5) is 0 Å². The third kappa shape index (κ3) is 2.11. The summed E-state index contributed by atoms with van der Waals surface area (Å²) in [7, 11) is 0. The topological polar surface area (TPSA) is 29.5 Å². The van der Waals surface area contributed by atoms with Crippen molar-refractivity contribution in [2.75, 3.05) is 19.1 Å². The third-order valence-electron chi connectivity index (χ3n) is 1.97. The van der Waals surface area contributed by atoms with Gasteiger partial charge in [-0.05, 0) is 18.8 Å². The Bertz CT molecular complexity index is 91.6. The molecule has 0 spiro atoms. The molecule has 0 bridgehead atoms. The Balaban J connectivity index is 2.24. The molecule has 1 rings (SSSR count). The average Bonchev–Trinajstić information content (AvgIpc) is 2.05. The number of aliphatic hydroxyl groups excluding tert-OH is 1. The van der Waals surface area contributed by atoms with Crippen molar-refractivity contribution in [3.63, 3.8) is 0 Å². The molecule has 0 aromatic carbocycles. The highest BCUT2D eigenvalue weighted by atomic mass is 35.5. The Morgan fingerprint density at radius 2 is 2.10 bits per heavy atom. The molecule has 3 heteroatoms. The molecule has 1 unspecified atom stereocenters. The van der Waals surface area contributed by atoms with Crippen molar-refractivity contribution in [3.05, 3.63) is 0 Å². The molecule has 0 saturated carbocycles. The summed E-state index contributed by atoms with van der Waals surface area (Å²) in [5, 5.41) is 9.30. The van der Waals surface area contributed by atoms with Crippen LogP contribution in [0.15, 0.2) is 0 Å². The normalized spacial score (nSPS) is 24.6. The minimum absolute atomic E-state index is 0.328. The molecule has 1 atom stereocenters. The zero-order valence-electron chi connectivity index (χ0n) is 5.92. The Hall–Kier alpha value is 0.210. The van der Waals surface area contributed by atoms with Crippen LogP contribution in [0.25, 0.3) is 0 Å². The van der Waals surface area contributed by atoms with E-state index in [1.54, 1.807) is 0 Å². The Labute approximate surface area is 66.1 Å². The van der Waals surface area contributed by atoms with Crippen LogP contribution in [0.1, 0.15) is 12.8 Å². The molecule has 1 heterocycles. The van der Waals surface area contributed by atoms with Crippen LogP contribution in [-0.2, 0) is 4.74 Å². The predicted molar refractivity (Wildman–Crippen MR) is 40.3 cm³/mol. The van der Waals surface area contributed by atoms with Gasteiger partial charge in [0.15, 0.2) is 0 Å². The summed E-state index contributed by atoms with van der Waals surface area (Å²) in [5.41, 5.74) is 0. The average molecular weight is 165 g/mol. The number of aliphatic hydroxyl groups is 1. The summed E-state index contributed by atoms with van der Waals surface area (Å²) in [5.74, 6) is 0.719. The molecule has 1 saturated heterocycles. The molecular weight excluding hydrogens is 152 g/mol. The van der Waals surface area contributed by atoms with Crippen molar-refractivity contribution >= 4 is 11.6 Å². The van der Waals surface area contributed by atoms with Gasteiger partial charge >= 0.3 is 0 Å². The van der Waals surface area contributed by atoms with Crippen molar-refractivity contribution in [2.24, 2.45) is 5.92 Å². The van der Waals surface area contributed by atoms with E-state index in [1.807, 2.05) is 0 Å². The molecule has 0 aromatic heterocycles. The van der Waals surface area contributed by atoms with Gasteiger partial charge in [0, 0.05) is 19.1 Å². The molecule has 10 heavy (non-hydrogen) atoms. The van der Waals surface area contributed by atoms with Crippen LogP contribution in [0.3, 0.4) is 0 Å². The van der Waals surface area contributed by atoms with Gasteiger partial charge in [-0.2, -0.15) is 0 Å². The van der Waals surface area contributed by atoms with Crippen molar-refractivity contribution in [1.82, 2.24) is 0 Å². The van der Waals surface area contributed by atoms with Crippen molar-refractivity contribution in [2.45, 2.75) is 18.9 Å². The first-order valence-corrected chi connectivity index (χ1v) is 4.20. The van der Waals surface area contributed by atoms with Crippen LogP contribution < -0.4 is 0 Å². The lowest BCUT2D eigenvalue weighted by molar-refractivity contribution is 0.0164. The second-order valence-electron chi connectivity index (χ2n) is 2.67. The molecule has 0 radical (unpaired) electrons. The fourth-order valence-corrected chi connectivity index (χ4v) is 1.48. The van der Waals surface area contributed by atoms with E-state index in [0.29, 0.717) is 11.8 Å². The lowest BCUT2D eigenvalue weighted by Gasteiger charge is -2.25. The maximum Gasteiger partial charge on any atom is 0.0705 e. The second-order valence-corrected chi connectivity index (χ2v) is 2.98. The van der Waals surface area contributed by atoms with Gasteiger partial charge in [-0.25, -0.2) is 0 Å². The van der Waals surface area contributed by atoms with E-state index >= 15 is 0 Å². The third-order valence-corrected chi connectivity index (χ3v) is 2.28. The standard InChI is InChI=1S/C7H13ClO2/c8-5-7(9)6-1-3-10-4-2-6/h6-7,9H,1-5H2. The highest BCUT2D eigenvalue weighted by molar-refractivity contribution is 6.18. The lowest BCUT2D eigenvalue weighted by Crippen LogP contribution is -2.28. The first kappa shape index (κ1) is 8.31. The summed E-state index contributed by atoms with van der Waals surface area (Å²) >= 11 is 5.49. The summed E-state index contributed by atoms with van der Waals surface area (Å²) in [6.45, 7) is 1.55. The number of rotatable bonds is 2. The quantitative estimate of drug-likeness (QED) is 0.618. The Morgan fingerprint density at radius 3 is 2.60 bits per heavy atom. The van der Waals surface area contributed by atoms with E-state index < -0.39 is 0 Å². The van der Waals surface area contributed by atoms with Gasteiger partial charge in [0.25, 0.3) is 0 Å². The molecule has 1 N–H and O–H groups in total. The van der Waals surface area contributed by atoms with E-state index in [-0.39, 0.29) is 6.10 Å². The number of hydrogen-bond acceptors (Lipinski definition) is 2. The van der Waals surface area contributed by atoms with E-state index in [2.05, 4.69) is 0 Å². The molecule has 0 aliphatic carbocycles. The van der Waals surface area contributed by atoms with Crippen LogP contribution >= 0.6 is 11.6 Å². The van der Waals surface area contributed by atoms with Gasteiger partial charge in [0.2, 0.25) is 0 Å². The smallest absolute Gasteiger partial charge is 0.0705 e. The minimum Gasteiger partial charge on any atom is -0.392 e. The number of hydrogen-bond donors (Lipinski definition) is 1. The van der Waals surface area contributed by atoms with E-state index in [1.165, 1.54) is 0 Å². The van der Waals surface area contributed by atoms with E-state index in [9.17, 15) is 5.11 Å². The monoisotopic (exact) mass is 164 g/mol. The van der Waals surface area contributed by atoms with Crippen molar-refractivity contribution < 1.29 is 9.84 Å². The molecular formula is C7H13ClO2. The summed E-state index contributed by atoms with van der Waals surface area (Å²) in [6, 6.07) is 0. The predicted octanol–water partition coefficient (Wildman–Crippen LogP) is 1.01. The second kappa shape index (κ2) is 4.16. The molecule has 0 amide bonds. The molecule has 1 fully saturated rings. The van der Waals surface area contributed by atoms with E-state index in [4.69, 9.17) is 16.3 Å². The Morgan fingerprint density at radius 1 is 1.50 bits per heavy atom. The molecule has 1 aliphatic heterocycles. The number of alkyl halides is 1. The maximum absolute atomic E-state index is 9.30. The van der Waals surface area contributed by atoms with Gasteiger partial charge in [0.1, 0.15) is 0 Å². The van der Waals surface area contributed by atoms with Crippen LogP contribution in [0.2, 0.25) is 0 Å². The largest absolute Gasteiger partial charge is 0.392 e. The van der Waals surface area contributed by atoms with Gasteiger partial charge in [-0.15, -0.1) is 11.6 Å². The molecule has 60 valence electrons. The van der Waals surface area contributed by atoms with Crippen molar-refractivity contribution in [3.8, 4) is 0 Å². The zero-order valence-corrected chi connectivity index (χ0v) is 6.68. The summed E-state index contributed by atoms with van der Waals surface area (Å²) in [6.07, 6.45) is 1.58. The summed E-state index contributed by atoms with van der Waals surface area (Å²) < 4.78 is 5.14. The summed E-state index contributed by atoms with van der Waals surface area (Å²) in [4.78, 5) is 0. The van der Waals surface area contributed by atoms with Gasteiger partial charge in [0.05, 0.1) is 6.10 Å². The Kier molecular flexibility index (Phi) is 3.46. The fourth-order valence-electron chi connectivity index (χ4n) is 1.23. The zero-order chi connectivity index (χ0) is 7.40. The lowest BCUT2D eigenvalue weighted by atomic mass is 9.95. The van der Waals surface area contributed by atoms with Crippen LogP contribution in [-0.4, -0.2) is 30.3 Å². The number of halogens is 1. The molecule has 0 aromatic rings. The van der Waals surface area contributed by atoms with Crippen LogP contribution in [0, 0.1) is 5.92 Å². The first-order chi connectivity index (χ1) is 4.84. The van der Waals surface area contributed by atoms with Gasteiger partial charge < -0.3 is 9.84 Å². The highest BCUT2D eigenvalue weighted by Crippen LogP contribution is 2.19. The fraction of sp³-hybridized carbons (Fsp3) is 1.00. The highest BCUT2D eigenvalue weighted by Gasteiger charge is 2.20. The van der Waals surface area contributed by atoms with Crippen molar-refractivity contribution in [1.29, 1.82) is 0 Å². The van der Waals surface area contributed by atoms with E-state index in [0.717, 1.165) is 26.1 Å². The molecule has 2 nitrogen and oxygen atoms in total. The maximum atomic E-state index is 9.30. The first-order valence-electron chi connectivity index (χ1n) is 3.66.